The van der Waals surface area contributed by atoms with Crippen LogP contribution in [0, 0.1) is 55.2 Å². The van der Waals surface area contributed by atoms with Crippen LogP contribution in [0.4, 0.5) is 4.39 Å². The molecule has 8 saturated carbocycles. The predicted octanol–water partition coefficient (Wildman–Crippen LogP) is 29.5. The number of fused-ring (bicyclic) bond motifs is 3. The van der Waals surface area contributed by atoms with Gasteiger partial charge in [-0.25, -0.2) is 4.39 Å². The SMILES string of the molecule is C.C.C.C.C.CC(=O)c1ccc(/C(C)=C(\C)C(=O)c2ccc3c(c2)C(C)(C)CCC3(C)C)cc1.CC(=O)c1ccc(/C=C(\C)c2ccc(C)c(C34CC5CC(CC(C5)C3)C4)c2)cc1.CC(=O)c1ccc2cc(-c3ccc(O)c(C45CC6CC(CC(C6)C4)C5)c3)ccc2c1.Cc1ccc(CC(=O)C(O)c2ccc3c(c2)C(C)(C)CCC3(C)C)c(F)c1. The molecule has 0 amide bonds. The van der Waals surface area contributed by atoms with Crippen molar-refractivity contribution in [3.63, 3.8) is 0 Å². The van der Waals surface area contributed by atoms with Gasteiger partial charge in [-0.1, -0.05) is 238 Å². The molecule has 1 unspecified atom stereocenters. The number of benzene rings is 9. The van der Waals surface area contributed by atoms with Gasteiger partial charge < -0.3 is 10.2 Å². The molecule has 0 spiro atoms. The zero-order chi connectivity index (χ0) is 82.2. The zero-order valence-corrected chi connectivity index (χ0v) is 71.2. The number of aryl methyl sites for hydroxylation is 2. The zero-order valence-electron chi connectivity index (χ0n) is 71.2. The maximum atomic E-state index is 14.1. The fourth-order valence-corrected chi connectivity index (χ4v) is 22.6. The van der Waals surface area contributed by atoms with E-state index in [1.165, 1.54) is 139 Å². The Morgan fingerprint density at radius 1 is 0.408 bits per heavy atom. The molecule has 638 valence electrons. The number of carbonyl (C=O) groups excluding carboxylic acids is 5. The maximum absolute atomic E-state index is 14.1. The predicted molar refractivity (Wildman–Crippen MR) is 503 cm³/mol. The molecule has 7 nitrogen and oxygen atoms in total. The van der Waals surface area contributed by atoms with E-state index in [1.54, 1.807) is 45.4 Å². The fraction of sp³-hybridized carbons (Fsp3) is 0.455. The number of aromatic hydroxyl groups is 1. The van der Waals surface area contributed by atoms with Crippen LogP contribution in [0.15, 0.2) is 181 Å². The van der Waals surface area contributed by atoms with Gasteiger partial charge in [-0.05, 0) is 362 Å². The Hall–Kier alpha value is -9.24. The lowest BCUT2D eigenvalue weighted by Crippen LogP contribution is -2.48. The lowest BCUT2D eigenvalue weighted by Gasteiger charge is -2.57. The fourth-order valence-electron chi connectivity index (χ4n) is 22.6. The number of carbonyl (C=O) groups is 5. The van der Waals surface area contributed by atoms with Crippen LogP contribution in [0.5, 0.6) is 5.75 Å². The maximum Gasteiger partial charge on any atom is 0.189 e. The first kappa shape index (κ1) is 94.6. The number of halogens is 1. The molecular formula is C112H141FO7. The van der Waals surface area contributed by atoms with Gasteiger partial charge in [0.1, 0.15) is 17.7 Å². The first-order chi connectivity index (χ1) is 54.4. The minimum absolute atomic E-state index is 0. The van der Waals surface area contributed by atoms with Gasteiger partial charge in [-0.3, -0.25) is 24.0 Å². The molecule has 9 aromatic carbocycles. The van der Waals surface area contributed by atoms with Crippen molar-refractivity contribution < 1.29 is 38.6 Å². The summed E-state index contributed by atoms with van der Waals surface area (Å²) >= 11 is 0. The second kappa shape index (κ2) is 36.8. The molecule has 0 saturated heterocycles. The Labute approximate surface area is 721 Å². The summed E-state index contributed by atoms with van der Waals surface area (Å²) in [6.45, 7) is 33.0. The minimum atomic E-state index is -1.24. The van der Waals surface area contributed by atoms with E-state index in [0.29, 0.717) is 27.9 Å². The van der Waals surface area contributed by atoms with E-state index in [0.717, 1.165) is 116 Å². The van der Waals surface area contributed by atoms with Crippen molar-refractivity contribution in [1.82, 2.24) is 0 Å². The van der Waals surface area contributed by atoms with Crippen molar-refractivity contribution in [2.24, 2.45) is 35.5 Å². The number of allylic oxidation sites excluding steroid dienone is 3. The lowest BCUT2D eigenvalue weighted by atomic mass is 9.47. The summed E-state index contributed by atoms with van der Waals surface area (Å²) in [4.78, 5) is 60.6. The first-order valence-electron chi connectivity index (χ1n) is 42.7. The molecule has 8 fully saturated rings. The summed E-state index contributed by atoms with van der Waals surface area (Å²) < 4.78 is 14.1. The second-order valence-corrected chi connectivity index (χ2v) is 39.4. The van der Waals surface area contributed by atoms with Crippen LogP contribution in [0.3, 0.4) is 0 Å². The number of hydrogen-bond donors (Lipinski definition) is 2. The number of aliphatic hydroxyl groups is 1. The van der Waals surface area contributed by atoms with E-state index >= 15 is 0 Å². The van der Waals surface area contributed by atoms with E-state index in [-0.39, 0.29) is 99.5 Å². The molecule has 10 aliphatic carbocycles. The molecule has 19 rings (SSSR count). The molecule has 9 aromatic rings. The van der Waals surface area contributed by atoms with E-state index in [2.05, 4.69) is 148 Å². The van der Waals surface area contributed by atoms with Crippen molar-refractivity contribution >= 4 is 56.9 Å². The van der Waals surface area contributed by atoms with Gasteiger partial charge >= 0.3 is 0 Å². The van der Waals surface area contributed by atoms with E-state index in [1.807, 2.05) is 98.8 Å². The molecule has 120 heavy (non-hydrogen) atoms. The quantitative estimate of drug-likeness (QED) is 0.0595. The van der Waals surface area contributed by atoms with Crippen LogP contribution in [0.1, 0.15) is 357 Å². The smallest absolute Gasteiger partial charge is 0.189 e. The summed E-state index contributed by atoms with van der Waals surface area (Å²) in [6, 6.07) is 58.1. The summed E-state index contributed by atoms with van der Waals surface area (Å²) in [7, 11) is 0. The van der Waals surface area contributed by atoms with Gasteiger partial charge in [0.2, 0.25) is 0 Å². The Kier molecular flexibility index (Phi) is 29.0. The van der Waals surface area contributed by atoms with E-state index in [4.69, 9.17) is 0 Å². The third-order valence-electron chi connectivity index (χ3n) is 29.0. The number of hydrogen-bond acceptors (Lipinski definition) is 7. The van der Waals surface area contributed by atoms with Gasteiger partial charge in [0.15, 0.2) is 28.9 Å². The number of phenols is 1. The highest BCUT2D eigenvalue weighted by atomic mass is 19.1. The van der Waals surface area contributed by atoms with Crippen molar-refractivity contribution in [1.29, 1.82) is 0 Å². The van der Waals surface area contributed by atoms with E-state index in [9.17, 15) is 38.6 Å². The number of aliphatic hydroxyl groups excluding tert-OH is 1. The molecule has 0 heterocycles. The Morgan fingerprint density at radius 3 is 1.32 bits per heavy atom. The number of Topliss-reactive ketones (excluding diaryl/α,β-unsaturated/α-hetero) is 5. The summed E-state index contributed by atoms with van der Waals surface area (Å²) in [5.74, 6) is 5.52. The Bertz CT molecular complexity index is 5290. The Morgan fingerprint density at radius 2 is 0.817 bits per heavy atom. The average Bonchev–Trinajstić information content (AvgIpc) is 0.745. The molecule has 0 aromatic heterocycles. The monoisotopic (exact) mass is 1620 g/mol. The standard InChI is InChI=1S/C28H28O2.C28H32O.C27H32O2.C24H29FO2.5CH4/c1-17(29)21-2-3-23-12-24(5-4-22(23)11-21)25-6-7-27(30)26(13-25)28-14-18-8-19(15-28)10-20(9-18)16-28;1-18-4-7-26(19(2)10-21-5-8-25(9-6-21)20(3)29)14-27(18)28-15-22-11-23(16-28)13-24(12-22)17-28;1-17(20-8-10-21(11-9-20)19(3)28)18(2)25(29)22-12-13-23-24(16-22)27(6,7)15-14-26(23,4)5;1-15-6-7-16(20(25)12-15)14-21(26)22(27)17-8-9-18-19(13-17)24(4,5)11-10-23(18,2)3;;;;;/h2-7,11-13,18-20,30H,8-10,14-16H2,1H3;4-10,14,22-24H,11-13,15-17H2,1-3H3;8-13,16H,14-15H2,1-7H3;6-9,12-13,22,27H,10-11,14H2,1-5H3;5*1H4/b;19-10+;18-17+;;;;;;. The summed E-state index contributed by atoms with van der Waals surface area (Å²) in [6.07, 6.45) is 22.1. The highest BCUT2D eigenvalue weighted by Gasteiger charge is 2.54. The highest BCUT2D eigenvalue weighted by Crippen LogP contribution is 2.64. The second-order valence-electron chi connectivity index (χ2n) is 39.4. The van der Waals surface area contributed by atoms with Crippen LogP contribution in [0.2, 0.25) is 0 Å². The van der Waals surface area contributed by atoms with Crippen molar-refractivity contribution in [2.45, 2.75) is 296 Å². The topological polar surface area (TPSA) is 126 Å². The van der Waals surface area contributed by atoms with Crippen molar-refractivity contribution in [3.8, 4) is 16.9 Å². The van der Waals surface area contributed by atoms with Gasteiger partial charge in [0.25, 0.3) is 0 Å². The molecule has 10 aliphatic rings. The Balaban J connectivity index is 0.000000180. The highest BCUT2D eigenvalue weighted by molar-refractivity contribution is 6.13. The minimum Gasteiger partial charge on any atom is -0.508 e. The normalized spacial score (nSPS) is 23.3. The molecule has 8 bridgehead atoms. The third kappa shape index (κ3) is 19.6. The first-order valence-corrected chi connectivity index (χ1v) is 42.7. The molecule has 0 aliphatic heterocycles. The largest absolute Gasteiger partial charge is 0.508 e. The molecular weight excluding hydrogens is 1480 g/mol. The third-order valence-corrected chi connectivity index (χ3v) is 29.0. The lowest BCUT2D eigenvalue weighted by molar-refractivity contribution is -0.126. The van der Waals surface area contributed by atoms with Crippen LogP contribution >= 0.6 is 0 Å². The van der Waals surface area contributed by atoms with Gasteiger partial charge in [-0.15, -0.1) is 0 Å². The summed E-state index contributed by atoms with van der Waals surface area (Å²) in [5.41, 5.74) is 23.9. The average molecular weight is 1620 g/mol. The van der Waals surface area contributed by atoms with Crippen LogP contribution in [0.25, 0.3) is 39.1 Å². The van der Waals surface area contributed by atoms with E-state index < -0.39 is 11.9 Å². The van der Waals surface area contributed by atoms with Crippen LogP contribution < -0.4 is 0 Å². The molecule has 0 radical (unpaired) electrons. The van der Waals surface area contributed by atoms with Gasteiger partial charge in [0.05, 0.1) is 0 Å². The molecule has 2 N–H and O–H groups in total. The molecule has 8 heteroatoms. The number of ketones is 5. The summed E-state index contributed by atoms with van der Waals surface area (Å²) in [5, 5.41) is 23.7. The van der Waals surface area contributed by atoms with Crippen molar-refractivity contribution in [3.05, 3.63) is 282 Å². The number of rotatable bonds is 15. The number of phenolic OH excluding ortho intramolecular Hbond substituents is 1. The van der Waals surface area contributed by atoms with Crippen LogP contribution in [-0.2, 0) is 43.7 Å². The molecule has 1 atom stereocenters. The van der Waals surface area contributed by atoms with Gasteiger partial charge in [-0.2, -0.15) is 0 Å². The van der Waals surface area contributed by atoms with Gasteiger partial charge in [0, 0.05) is 39.8 Å². The van der Waals surface area contributed by atoms with Crippen LogP contribution in [-0.4, -0.2) is 39.1 Å². The van der Waals surface area contributed by atoms with Crippen molar-refractivity contribution in [2.75, 3.05) is 0 Å².